The zero-order valence-corrected chi connectivity index (χ0v) is 19.8. The molecule has 1 fully saturated rings. The highest BCUT2D eigenvalue weighted by Gasteiger charge is 2.27. The van der Waals surface area contributed by atoms with Crippen molar-refractivity contribution in [2.24, 2.45) is 5.92 Å². The number of hydrogen-bond donors (Lipinski definition) is 1. The molecule has 180 valence electrons. The Morgan fingerprint density at radius 2 is 1.74 bits per heavy atom. The van der Waals surface area contributed by atoms with Gasteiger partial charge in [-0.1, -0.05) is 41.6 Å². The second-order valence-electron chi connectivity index (χ2n) is 8.89. The van der Waals surface area contributed by atoms with Crippen LogP contribution >= 0.6 is 0 Å². The first-order valence-corrected chi connectivity index (χ1v) is 12.1. The van der Waals surface area contributed by atoms with Crippen LogP contribution in [0.4, 0.5) is 0 Å². The minimum atomic E-state index is -0.0466. The van der Waals surface area contributed by atoms with Crippen LogP contribution in [0.5, 0.6) is 0 Å². The van der Waals surface area contributed by atoms with E-state index in [1.54, 1.807) is 0 Å². The molecule has 0 bridgehead atoms. The maximum Gasteiger partial charge on any atom is 0.257 e. The van der Waals surface area contributed by atoms with E-state index in [4.69, 9.17) is 13.9 Å². The van der Waals surface area contributed by atoms with Gasteiger partial charge in [-0.25, -0.2) is 4.98 Å². The van der Waals surface area contributed by atoms with Crippen molar-refractivity contribution >= 4 is 5.91 Å². The van der Waals surface area contributed by atoms with Crippen molar-refractivity contribution in [1.29, 1.82) is 0 Å². The lowest BCUT2D eigenvalue weighted by atomic mass is 9.97. The summed E-state index contributed by atoms with van der Waals surface area (Å²) < 4.78 is 11.2. The first-order valence-electron chi connectivity index (χ1n) is 12.1. The van der Waals surface area contributed by atoms with E-state index in [1.165, 1.54) is 0 Å². The van der Waals surface area contributed by atoms with Crippen LogP contribution in [-0.2, 0) is 17.8 Å². The van der Waals surface area contributed by atoms with Gasteiger partial charge in [-0.3, -0.25) is 9.69 Å². The number of carbonyl (C=O) groups is 1. The van der Waals surface area contributed by atoms with Gasteiger partial charge < -0.3 is 14.3 Å². The molecule has 3 heterocycles. The highest BCUT2D eigenvalue weighted by Crippen LogP contribution is 2.24. The number of rotatable bonds is 8. The van der Waals surface area contributed by atoms with Gasteiger partial charge in [0.15, 0.2) is 5.82 Å². The van der Waals surface area contributed by atoms with Gasteiger partial charge in [-0.15, -0.1) is 0 Å². The Kier molecular flexibility index (Phi) is 6.99. The standard InChI is InChI=1S/C27H29N5O3/c1-19-23(29-26(34-19)20-9-4-2-5-10-20)18-32-16-8-13-22(17-32)25(33)28-15-14-24-30-27(35-31-24)21-11-6-3-7-12-21/h2-7,9-12,22H,8,13-18H2,1H3,(H,28,33). The molecule has 8 nitrogen and oxygen atoms in total. The molecule has 2 aromatic carbocycles. The van der Waals surface area contributed by atoms with E-state index in [0.717, 1.165) is 42.0 Å². The van der Waals surface area contributed by atoms with Crippen molar-refractivity contribution in [3.05, 3.63) is 77.9 Å². The molecule has 0 radical (unpaired) electrons. The number of aromatic nitrogens is 3. The number of benzene rings is 2. The number of carbonyl (C=O) groups excluding carboxylic acids is 1. The van der Waals surface area contributed by atoms with E-state index in [2.05, 4.69) is 20.4 Å². The van der Waals surface area contributed by atoms with Gasteiger partial charge in [0.1, 0.15) is 5.76 Å². The smallest absolute Gasteiger partial charge is 0.257 e. The lowest BCUT2D eigenvalue weighted by molar-refractivity contribution is -0.126. The fourth-order valence-electron chi connectivity index (χ4n) is 4.40. The fourth-order valence-corrected chi connectivity index (χ4v) is 4.40. The first kappa shape index (κ1) is 23.0. The van der Waals surface area contributed by atoms with Gasteiger partial charge in [0.05, 0.1) is 11.6 Å². The van der Waals surface area contributed by atoms with Gasteiger partial charge >= 0.3 is 0 Å². The maximum absolute atomic E-state index is 12.8. The van der Waals surface area contributed by atoms with Crippen LogP contribution in [0.3, 0.4) is 0 Å². The summed E-state index contributed by atoms with van der Waals surface area (Å²) in [6.45, 7) is 4.76. The topological polar surface area (TPSA) is 97.3 Å². The Bertz CT molecular complexity index is 1250. The minimum absolute atomic E-state index is 0.0466. The summed E-state index contributed by atoms with van der Waals surface area (Å²) in [5.41, 5.74) is 2.78. The molecule has 1 N–H and O–H groups in total. The van der Waals surface area contributed by atoms with E-state index in [1.807, 2.05) is 67.6 Å². The Morgan fingerprint density at radius 3 is 2.49 bits per heavy atom. The van der Waals surface area contributed by atoms with Crippen molar-refractivity contribution in [3.63, 3.8) is 0 Å². The van der Waals surface area contributed by atoms with Gasteiger partial charge in [0, 0.05) is 37.2 Å². The number of oxazole rings is 1. The highest BCUT2D eigenvalue weighted by molar-refractivity contribution is 5.79. The fraction of sp³-hybridized carbons (Fsp3) is 0.333. The molecule has 1 aliphatic rings. The molecule has 1 atom stereocenters. The van der Waals surface area contributed by atoms with Gasteiger partial charge in [-0.05, 0) is 50.6 Å². The van der Waals surface area contributed by atoms with E-state index < -0.39 is 0 Å². The summed E-state index contributed by atoms with van der Waals surface area (Å²) in [6.07, 6.45) is 2.39. The molecule has 4 aromatic rings. The SMILES string of the molecule is Cc1oc(-c2ccccc2)nc1CN1CCCC(C(=O)NCCc2noc(-c3ccccc3)n2)C1. The average molecular weight is 472 g/mol. The van der Waals surface area contributed by atoms with Crippen LogP contribution in [0.15, 0.2) is 69.6 Å². The van der Waals surface area contributed by atoms with E-state index >= 15 is 0 Å². The normalized spacial score (nSPS) is 16.3. The monoisotopic (exact) mass is 471 g/mol. The molecule has 5 rings (SSSR count). The Balaban J connectivity index is 1.12. The van der Waals surface area contributed by atoms with Crippen LogP contribution in [-0.4, -0.2) is 45.6 Å². The third-order valence-electron chi connectivity index (χ3n) is 6.30. The van der Waals surface area contributed by atoms with Gasteiger partial charge in [0.2, 0.25) is 11.8 Å². The largest absolute Gasteiger partial charge is 0.441 e. The van der Waals surface area contributed by atoms with Crippen molar-refractivity contribution in [1.82, 2.24) is 25.3 Å². The van der Waals surface area contributed by atoms with Crippen molar-refractivity contribution in [2.45, 2.75) is 32.7 Å². The number of likely N-dealkylation sites (tertiary alicyclic amines) is 1. The lowest BCUT2D eigenvalue weighted by Crippen LogP contribution is -2.43. The third kappa shape index (κ3) is 5.66. The Labute approximate surface area is 204 Å². The second-order valence-corrected chi connectivity index (χ2v) is 8.89. The quantitative estimate of drug-likeness (QED) is 0.410. The summed E-state index contributed by atoms with van der Waals surface area (Å²) >= 11 is 0. The maximum atomic E-state index is 12.8. The third-order valence-corrected chi connectivity index (χ3v) is 6.30. The van der Waals surface area contributed by atoms with Crippen LogP contribution < -0.4 is 5.32 Å². The van der Waals surface area contributed by atoms with Crippen LogP contribution in [0.2, 0.25) is 0 Å². The molecule has 0 spiro atoms. The molecule has 1 amide bonds. The number of nitrogens with zero attached hydrogens (tertiary/aromatic N) is 4. The van der Waals surface area contributed by atoms with Gasteiger partial charge in [-0.2, -0.15) is 4.98 Å². The average Bonchev–Trinajstić information content (AvgIpc) is 3.52. The number of piperidine rings is 1. The van der Waals surface area contributed by atoms with Crippen molar-refractivity contribution < 1.29 is 13.7 Å². The highest BCUT2D eigenvalue weighted by atomic mass is 16.5. The summed E-state index contributed by atoms with van der Waals surface area (Å²) in [5.74, 6) is 2.57. The Morgan fingerprint density at radius 1 is 1.03 bits per heavy atom. The summed E-state index contributed by atoms with van der Waals surface area (Å²) in [5, 5.41) is 7.08. The Hall–Kier alpha value is -3.78. The van der Waals surface area contributed by atoms with Crippen molar-refractivity contribution in [2.75, 3.05) is 19.6 Å². The summed E-state index contributed by atoms with van der Waals surface area (Å²) in [6, 6.07) is 19.6. The number of aryl methyl sites for hydroxylation is 1. The molecule has 1 saturated heterocycles. The minimum Gasteiger partial charge on any atom is -0.441 e. The molecule has 0 aliphatic carbocycles. The molecule has 2 aromatic heterocycles. The molecule has 1 unspecified atom stereocenters. The lowest BCUT2D eigenvalue weighted by Gasteiger charge is -2.31. The first-order chi connectivity index (χ1) is 17.2. The van der Waals surface area contributed by atoms with Crippen LogP contribution in [0.1, 0.15) is 30.1 Å². The number of nitrogens with one attached hydrogen (secondary N) is 1. The number of amides is 1. The summed E-state index contributed by atoms with van der Waals surface area (Å²) in [4.78, 5) is 24.3. The zero-order valence-electron chi connectivity index (χ0n) is 19.8. The second kappa shape index (κ2) is 10.7. The molecule has 8 heteroatoms. The number of hydrogen-bond acceptors (Lipinski definition) is 7. The van der Waals surface area contributed by atoms with Crippen LogP contribution in [0, 0.1) is 12.8 Å². The predicted octanol–water partition coefficient (Wildman–Crippen LogP) is 4.27. The van der Waals surface area contributed by atoms with Crippen molar-refractivity contribution in [3.8, 4) is 22.9 Å². The molecule has 0 saturated carbocycles. The zero-order chi connectivity index (χ0) is 24.0. The van der Waals surface area contributed by atoms with Gasteiger partial charge in [0.25, 0.3) is 5.89 Å². The van der Waals surface area contributed by atoms with Crippen LogP contribution in [0.25, 0.3) is 22.9 Å². The predicted molar refractivity (Wildman–Crippen MR) is 131 cm³/mol. The molecular weight excluding hydrogens is 442 g/mol. The molecular formula is C27H29N5O3. The van der Waals surface area contributed by atoms with E-state index in [9.17, 15) is 4.79 Å². The van der Waals surface area contributed by atoms with E-state index in [-0.39, 0.29) is 11.8 Å². The summed E-state index contributed by atoms with van der Waals surface area (Å²) in [7, 11) is 0. The molecule has 35 heavy (non-hydrogen) atoms. The molecule has 1 aliphatic heterocycles. The van der Waals surface area contributed by atoms with E-state index in [0.29, 0.717) is 43.7 Å².